The number of unbranched alkanes of at least 4 members (excludes halogenated alkanes) is 1. The van der Waals surface area contributed by atoms with Crippen LogP contribution in [0.5, 0.6) is 5.75 Å². The molecule has 0 bridgehead atoms. The van der Waals surface area contributed by atoms with Crippen LogP contribution in [-0.4, -0.2) is 41.9 Å². The van der Waals surface area contributed by atoms with E-state index < -0.39 is 0 Å². The van der Waals surface area contributed by atoms with E-state index in [0.29, 0.717) is 29.5 Å². The van der Waals surface area contributed by atoms with Gasteiger partial charge in [0.05, 0.1) is 13.7 Å². The van der Waals surface area contributed by atoms with Crippen molar-refractivity contribution in [2.24, 2.45) is 0 Å². The van der Waals surface area contributed by atoms with Crippen LogP contribution in [0.15, 0.2) is 76.3 Å². The summed E-state index contributed by atoms with van der Waals surface area (Å²) in [7, 11) is 1.61. The molecule has 1 N–H and O–H groups in total. The number of hydrogen-bond donors (Lipinski definition) is 1. The molecule has 9 nitrogen and oxygen atoms in total. The van der Waals surface area contributed by atoms with Gasteiger partial charge in [0, 0.05) is 28.1 Å². The molecule has 0 saturated heterocycles. The van der Waals surface area contributed by atoms with E-state index in [4.69, 9.17) is 4.74 Å². The summed E-state index contributed by atoms with van der Waals surface area (Å²) in [5.74, 6) is 1.07. The molecule has 0 radical (unpaired) electrons. The molecule has 5 aromatic rings. The molecule has 2 aromatic carbocycles. The summed E-state index contributed by atoms with van der Waals surface area (Å²) in [4.78, 5) is 18.1. The van der Waals surface area contributed by atoms with Gasteiger partial charge in [0.2, 0.25) is 5.82 Å². The Morgan fingerprint density at radius 2 is 1.92 bits per heavy atom. The average molecular weight is 560 g/mol. The summed E-state index contributed by atoms with van der Waals surface area (Å²) < 4.78 is 9.88. The number of nitrogens with one attached hydrogen (secondary N) is 1. The molecule has 0 saturated carbocycles. The Morgan fingerprint density at radius 3 is 2.65 bits per heavy atom. The largest absolute Gasteiger partial charge is 0.495 e. The SMILES string of the molecule is CCCCc1cn(-c2c(Br)cccc2OC)c(=O)n1Cc1ccc(-c2cccnc2-c2nn[nH]n2)cc1. The minimum atomic E-state index is -0.105. The summed E-state index contributed by atoms with van der Waals surface area (Å²) in [5.41, 5.74) is 5.14. The van der Waals surface area contributed by atoms with Crippen LogP contribution in [0.25, 0.3) is 28.3 Å². The van der Waals surface area contributed by atoms with Gasteiger partial charge in [0.1, 0.15) is 17.1 Å². The van der Waals surface area contributed by atoms with E-state index in [1.165, 1.54) is 0 Å². The Kier molecular flexibility index (Phi) is 7.27. The number of pyridine rings is 1. The van der Waals surface area contributed by atoms with Crippen molar-refractivity contribution >= 4 is 15.9 Å². The molecule has 0 aliphatic heterocycles. The second kappa shape index (κ2) is 10.9. The first kappa shape index (κ1) is 24.6. The number of hydrogen-bond acceptors (Lipinski definition) is 6. The molecule has 0 amide bonds. The Labute approximate surface area is 222 Å². The van der Waals surface area contributed by atoms with Crippen molar-refractivity contribution in [3.05, 3.63) is 93.2 Å². The Balaban J connectivity index is 1.50. The number of ether oxygens (including phenoxy) is 1. The number of benzene rings is 2. The van der Waals surface area contributed by atoms with Crippen molar-refractivity contribution in [2.45, 2.75) is 32.7 Å². The van der Waals surface area contributed by atoms with E-state index in [1.807, 2.05) is 65.4 Å². The van der Waals surface area contributed by atoms with Crippen LogP contribution in [0.2, 0.25) is 0 Å². The standard InChI is InChI=1S/C27H26BrN7O2/c1-3-4-7-20-17-35(25-22(28)9-5-10-23(25)37-2)27(36)34(20)16-18-11-13-19(14-12-18)21-8-6-15-29-24(21)26-30-32-33-31-26/h5-6,8-15,17H,3-4,7,16H2,1-2H3,(H,30,31,32,33). The van der Waals surface area contributed by atoms with Gasteiger partial charge in [-0.1, -0.05) is 49.7 Å². The molecule has 0 atom stereocenters. The quantitative estimate of drug-likeness (QED) is 0.271. The summed E-state index contributed by atoms with van der Waals surface area (Å²) >= 11 is 3.59. The number of para-hydroxylation sites is 1. The van der Waals surface area contributed by atoms with E-state index >= 15 is 0 Å². The molecular formula is C27H26BrN7O2. The lowest BCUT2D eigenvalue weighted by Gasteiger charge is -2.11. The van der Waals surface area contributed by atoms with Crippen molar-refractivity contribution < 1.29 is 4.74 Å². The third-order valence-corrected chi connectivity index (χ3v) is 6.87. The second-order valence-electron chi connectivity index (χ2n) is 8.59. The minimum absolute atomic E-state index is 0.105. The highest BCUT2D eigenvalue weighted by Gasteiger charge is 2.18. The van der Waals surface area contributed by atoms with E-state index in [-0.39, 0.29) is 5.69 Å². The first-order valence-corrected chi connectivity index (χ1v) is 12.8. The van der Waals surface area contributed by atoms with Gasteiger partial charge in [-0.25, -0.2) is 4.79 Å². The van der Waals surface area contributed by atoms with Gasteiger partial charge in [0.15, 0.2) is 0 Å². The number of aromatic amines is 1. The van der Waals surface area contributed by atoms with Crippen LogP contribution in [-0.2, 0) is 13.0 Å². The topological polar surface area (TPSA) is 104 Å². The summed E-state index contributed by atoms with van der Waals surface area (Å²) in [6.07, 6.45) is 6.49. The summed E-state index contributed by atoms with van der Waals surface area (Å²) in [6.45, 7) is 2.61. The molecule has 0 aliphatic carbocycles. The molecule has 0 spiro atoms. The van der Waals surface area contributed by atoms with Gasteiger partial charge in [0.25, 0.3) is 0 Å². The minimum Gasteiger partial charge on any atom is -0.495 e. The lowest BCUT2D eigenvalue weighted by Crippen LogP contribution is -2.25. The van der Waals surface area contributed by atoms with Crippen molar-refractivity contribution in [2.75, 3.05) is 7.11 Å². The molecule has 0 aliphatic rings. The lowest BCUT2D eigenvalue weighted by molar-refractivity contribution is 0.412. The zero-order valence-electron chi connectivity index (χ0n) is 20.6. The van der Waals surface area contributed by atoms with Crippen molar-refractivity contribution in [3.63, 3.8) is 0 Å². The lowest BCUT2D eigenvalue weighted by atomic mass is 10.0. The maximum Gasteiger partial charge on any atom is 0.333 e. The third-order valence-electron chi connectivity index (χ3n) is 6.23. The molecular weight excluding hydrogens is 534 g/mol. The van der Waals surface area contributed by atoms with E-state index in [0.717, 1.165) is 46.1 Å². The smallest absolute Gasteiger partial charge is 0.333 e. The van der Waals surface area contributed by atoms with Gasteiger partial charge in [-0.3, -0.25) is 14.1 Å². The predicted molar refractivity (Wildman–Crippen MR) is 145 cm³/mol. The van der Waals surface area contributed by atoms with Gasteiger partial charge in [-0.05, 0) is 63.3 Å². The fourth-order valence-corrected chi connectivity index (χ4v) is 4.90. The molecule has 0 fully saturated rings. The monoisotopic (exact) mass is 559 g/mol. The van der Waals surface area contributed by atoms with Gasteiger partial charge in [-0.15, -0.1) is 10.2 Å². The number of methoxy groups -OCH3 is 1. The van der Waals surface area contributed by atoms with Gasteiger partial charge >= 0.3 is 5.69 Å². The summed E-state index contributed by atoms with van der Waals surface area (Å²) in [6, 6.07) is 17.6. The number of rotatable bonds is 9. The number of nitrogens with zero attached hydrogens (tertiary/aromatic N) is 6. The first-order chi connectivity index (χ1) is 18.1. The van der Waals surface area contributed by atoms with Crippen LogP contribution in [0.1, 0.15) is 31.0 Å². The maximum atomic E-state index is 13.7. The fraction of sp³-hybridized carbons (Fsp3) is 0.222. The van der Waals surface area contributed by atoms with Crippen LogP contribution in [0.3, 0.4) is 0 Å². The molecule has 37 heavy (non-hydrogen) atoms. The Morgan fingerprint density at radius 1 is 1.08 bits per heavy atom. The van der Waals surface area contributed by atoms with Gasteiger partial charge < -0.3 is 4.74 Å². The van der Waals surface area contributed by atoms with Crippen LogP contribution >= 0.6 is 15.9 Å². The van der Waals surface area contributed by atoms with Crippen molar-refractivity contribution in [1.29, 1.82) is 0 Å². The van der Waals surface area contributed by atoms with E-state index in [2.05, 4.69) is 48.5 Å². The highest BCUT2D eigenvalue weighted by molar-refractivity contribution is 9.10. The molecule has 3 aromatic heterocycles. The fourth-order valence-electron chi connectivity index (χ4n) is 4.36. The highest BCUT2D eigenvalue weighted by atomic mass is 79.9. The number of aromatic nitrogens is 7. The molecule has 0 unspecified atom stereocenters. The maximum absolute atomic E-state index is 13.7. The Bertz CT molecular complexity index is 1560. The van der Waals surface area contributed by atoms with Crippen LogP contribution in [0, 0.1) is 0 Å². The Hall–Kier alpha value is -4.05. The van der Waals surface area contributed by atoms with Crippen molar-refractivity contribution in [1.82, 2.24) is 34.7 Å². The average Bonchev–Trinajstić information content (AvgIpc) is 3.57. The van der Waals surface area contributed by atoms with E-state index in [1.54, 1.807) is 17.9 Å². The molecule has 5 rings (SSSR count). The number of imidazole rings is 1. The third kappa shape index (κ3) is 4.97. The van der Waals surface area contributed by atoms with E-state index in [9.17, 15) is 4.79 Å². The zero-order valence-corrected chi connectivity index (χ0v) is 22.1. The molecule has 10 heteroatoms. The zero-order chi connectivity index (χ0) is 25.8. The highest BCUT2D eigenvalue weighted by Crippen LogP contribution is 2.31. The predicted octanol–water partition coefficient (Wildman–Crippen LogP) is 5.04. The molecule has 188 valence electrons. The van der Waals surface area contributed by atoms with Gasteiger partial charge in [-0.2, -0.15) is 5.21 Å². The molecule has 3 heterocycles. The van der Waals surface area contributed by atoms with Crippen molar-refractivity contribution in [3.8, 4) is 34.1 Å². The number of H-pyrrole nitrogens is 1. The number of aryl methyl sites for hydroxylation is 1. The first-order valence-electron chi connectivity index (χ1n) is 12.0. The van der Waals surface area contributed by atoms with Crippen LogP contribution in [0.4, 0.5) is 0 Å². The normalized spacial score (nSPS) is 11.1. The second-order valence-corrected chi connectivity index (χ2v) is 9.44. The summed E-state index contributed by atoms with van der Waals surface area (Å²) in [5, 5.41) is 14.3. The van der Waals surface area contributed by atoms with Crippen LogP contribution < -0.4 is 10.4 Å². The number of tetrazole rings is 1. The number of halogens is 1.